The summed E-state index contributed by atoms with van der Waals surface area (Å²) in [5, 5.41) is 3.24. The van der Waals surface area contributed by atoms with Crippen molar-refractivity contribution in [2.45, 2.75) is 18.7 Å². The monoisotopic (exact) mass is 314 g/mol. The molecule has 0 saturated carbocycles. The molecule has 1 unspecified atom stereocenters. The maximum atomic E-state index is 6.66. The van der Waals surface area contributed by atoms with Crippen LogP contribution >= 0.6 is 23.2 Å². The van der Waals surface area contributed by atoms with Gasteiger partial charge in [0.2, 0.25) is 0 Å². The van der Waals surface area contributed by atoms with E-state index in [1.165, 1.54) is 16.3 Å². The van der Waals surface area contributed by atoms with Crippen LogP contribution in [0.2, 0.25) is 5.02 Å². The molecule has 3 aromatic carbocycles. The number of benzene rings is 3. The Morgan fingerprint density at radius 2 is 1.71 bits per heavy atom. The van der Waals surface area contributed by atoms with Crippen LogP contribution in [-0.4, -0.2) is 0 Å². The summed E-state index contributed by atoms with van der Waals surface area (Å²) in [6, 6.07) is 20.7. The number of hydrogen-bond donors (Lipinski definition) is 0. The molecule has 0 aliphatic rings. The Kier molecular flexibility index (Phi) is 4.19. The summed E-state index contributed by atoms with van der Waals surface area (Å²) in [4.78, 5) is 0. The summed E-state index contributed by atoms with van der Waals surface area (Å²) in [6.45, 7) is 2.06. The molecule has 0 N–H and O–H groups in total. The molecule has 0 aromatic heterocycles. The lowest BCUT2D eigenvalue weighted by molar-refractivity contribution is 0.917. The van der Waals surface area contributed by atoms with Gasteiger partial charge in [-0.15, -0.1) is 11.6 Å². The Bertz CT molecular complexity index is 772. The molecular weight excluding hydrogens is 299 g/mol. The van der Waals surface area contributed by atoms with Crippen molar-refractivity contribution in [3.8, 4) is 0 Å². The number of alkyl halides is 1. The van der Waals surface area contributed by atoms with E-state index in [0.29, 0.717) is 0 Å². The summed E-state index contributed by atoms with van der Waals surface area (Å²) in [5.41, 5.74) is 3.57. The lowest BCUT2D eigenvalue weighted by Crippen LogP contribution is -1.99. The third-order valence-corrected chi connectivity index (χ3v) is 4.47. The molecule has 106 valence electrons. The normalized spacial score (nSPS) is 12.5. The van der Waals surface area contributed by atoms with Gasteiger partial charge < -0.3 is 0 Å². The van der Waals surface area contributed by atoms with Gasteiger partial charge in [0.05, 0.1) is 5.38 Å². The smallest absolute Gasteiger partial charge is 0.0628 e. The fourth-order valence-electron chi connectivity index (χ4n) is 2.76. The van der Waals surface area contributed by atoms with Crippen molar-refractivity contribution in [2.75, 3.05) is 0 Å². The highest BCUT2D eigenvalue weighted by atomic mass is 35.5. The van der Waals surface area contributed by atoms with E-state index in [1.807, 2.05) is 18.2 Å². The fourth-order valence-corrected chi connectivity index (χ4v) is 3.40. The zero-order chi connectivity index (χ0) is 14.8. The molecule has 0 radical (unpaired) electrons. The van der Waals surface area contributed by atoms with Gasteiger partial charge in [-0.2, -0.15) is 0 Å². The van der Waals surface area contributed by atoms with E-state index < -0.39 is 0 Å². The number of hydrogen-bond acceptors (Lipinski definition) is 0. The minimum Gasteiger partial charge on any atom is -0.117 e. The highest BCUT2D eigenvalue weighted by Gasteiger charge is 2.13. The van der Waals surface area contributed by atoms with Gasteiger partial charge in [-0.05, 0) is 52.9 Å². The first-order valence-electron chi connectivity index (χ1n) is 7.02. The van der Waals surface area contributed by atoms with Crippen molar-refractivity contribution < 1.29 is 0 Å². The molecule has 0 heterocycles. The van der Waals surface area contributed by atoms with Crippen LogP contribution in [-0.2, 0) is 6.42 Å². The molecule has 0 aliphatic heterocycles. The second kappa shape index (κ2) is 6.09. The van der Waals surface area contributed by atoms with Crippen LogP contribution in [0.4, 0.5) is 0 Å². The Morgan fingerprint density at radius 3 is 2.52 bits per heavy atom. The Labute approximate surface area is 135 Å². The van der Waals surface area contributed by atoms with Gasteiger partial charge in [0, 0.05) is 5.02 Å². The van der Waals surface area contributed by atoms with Gasteiger partial charge in [-0.1, -0.05) is 60.1 Å². The predicted octanol–water partition coefficient (Wildman–Crippen LogP) is 6.32. The number of fused-ring (bicyclic) bond motifs is 1. The highest BCUT2D eigenvalue weighted by Crippen LogP contribution is 2.31. The molecule has 2 heteroatoms. The second-order valence-corrected chi connectivity index (χ2v) is 6.27. The van der Waals surface area contributed by atoms with Gasteiger partial charge >= 0.3 is 0 Å². The van der Waals surface area contributed by atoms with Crippen LogP contribution in [0.15, 0.2) is 60.7 Å². The largest absolute Gasteiger partial charge is 0.117 e. The van der Waals surface area contributed by atoms with Gasteiger partial charge in [-0.3, -0.25) is 0 Å². The van der Waals surface area contributed by atoms with Gasteiger partial charge in [-0.25, -0.2) is 0 Å². The van der Waals surface area contributed by atoms with Crippen LogP contribution in [0.1, 0.15) is 22.1 Å². The molecule has 3 rings (SSSR count). The van der Waals surface area contributed by atoms with E-state index in [0.717, 1.165) is 22.6 Å². The van der Waals surface area contributed by atoms with Gasteiger partial charge in [0.1, 0.15) is 0 Å². The molecule has 21 heavy (non-hydrogen) atoms. The van der Waals surface area contributed by atoms with E-state index in [1.54, 1.807) is 0 Å². The lowest BCUT2D eigenvalue weighted by atomic mass is 9.96. The number of halogens is 2. The molecule has 0 spiro atoms. The SMILES string of the molecule is Cc1cc(Cl)ccc1C(Cl)Cc1cccc2ccccc12. The van der Waals surface area contributed by atoms with Crippen molar-refractivity contribution >= 4 is 34.0 Å². The molecule has 3 aromatic rings. The van der Waals surface area contributed by atoms with Crippen LogP contribution in [0.5, 0.6) is 0 Å². The van der Waals surface area contributed by atoms with E-state index in [9.17, 15) is 0 Å². The van der Waals surface area contributed by atoms with Crippen molar-refractivity contribution in [1.29, 1.82) is 0 Å². The van der Waals surface area contributed by atoms with Crippen molar-refractivity contribution in [1.82, 2.24) is 0 Å². The molecule has 0 amide bonds. The average Bonchev–Trinajstić information content (AvgIpc) is 2.47. The minimum atomic E-state index is -0.0481. The molecule has 0 fully saturated rings. The maximum absolute atomic E-state index is 6.66. The van der Waals surface area contributed by atoms with Crippen LogP contribution in [0.3, 0.4) is 0 Å². The first kappa shape index (κ1) is 14.4. The van der Waals surface area contributed by atoms with Gasteiger partial charge in [0.15, 0.2) is 0 Å². The fraction of sp³-hybridized carbons (Fsp3) is 0.158. The first-order valence-corrected chi connectivity index (χ1v) is 7.83. The molecule has 0 nitrogen and oxygen atoms in total. The standard InChI is InChI=1S/C19H16Cl2/c1-13-11-16(20)9-10-17(13)19(21)12-15-7-4-6-14-5-2-3-8-18(14)15/h2-11,19H,12H2,1H3. The molecule has 1 atom stereocenters. The second-order valence-electron chi connectivity index (χ2n) is 5.31. The maximum Gasteiger partial charge on any atom is 0.0628 e. The predicted molar refractivity (Wildman–Crippen MR) is 92.4 cm³/mol. The van der Waals surface area contributed by atoms with Crippen LogP contribution in [0.25, 0.3) is 10.8 Å². The van der Waals surface area contributed by atoms with E-state index in [-0.39, 0.29) is 5.38 Å². The number of aryl methyl sites for hydroxylation is 1. The van der Waals surface area contributed by atoms with Crippen molar-refractivity contribution in [3.63, 3.8) is 0 Å². The first-order chi connectivity index (χ1) is 10.1. The van der Waals surface area contributed by atoms with E-state index in [4.69, 9.17) is 23.2 Å². The zero-order valence-corrected chi connectivity index (χ0v) is 13.3. The molecular formula is C19H16Cl2. The van der Waals surface area contributed by atoms with E-state index >= 15 is 0 Å². The quantitative estimate of drug-likeness (QED) is 0.496. The number of rotatable bonds is 3. The Balaban J connectivity index is 1.94. The van der Waals surface area contributed by atoms with Crippen LogP contribution in [0, 0.1) is 6.92 Å². The Hall–Kier alpha value is -1.50. The van der Waals surface area contributed by atoms with Crippen molar-refractivity contribution in [3.05, 3.63) is 82.4 Å². The third-order valence-electron chi connectivity index (χ3n) is 3.85. The molecule has 0 bridgehead atoms. The summed E-state index contributed by atoms with van der Waals surface area (Å²) in [6.07, 6.45) is 0.811. The van der Waals surface area contributed by atoms with Gasteiger partial charge in [0.25, 0.3) is 0 Å². The summed E-state index contributed by atoms with van der Waals surface area (Å²) in [5.74, 6) is 0. The summed E-state index contributed by atoms with van der Waals surface area (Å²) >= 11 is 12.7. The molecule has 0 aliphatic carbocycles. The lowest BCUT2D eigenvalue weighted by Gasteiger charge is -2.14. The average molecular weight is 315 g/mol. The summed E-state index contributed by atoms with van der Waals surface area (Å²) in [7, 11) is 0. The Morgan fingerprint density at radius 1 is 0.952 bits per heavy atom. The highest BCUT2D eigenvalue weighted by molar-refractivity contribution is 6.30. The zero-order valence-electron chi connectivity index (χ0n) is 11.8. The molecule has 0 saturated heterocycles. The van der Waals surface area contributed by atoms with Crippen molar-refractivity contribution in [2.24, 2.45) is 0 Å². The van der Waals surface area contributed by atoms with E-state index in [2.05, 4.69) is 49.4 Å². The third kappa shape index (κ3) is 3.07. The minimum absolute atomic E-state index is 0.0481. The van der Waals surface area contributed by atoms with Crippen LogP contribution < -0.4 is 0 Å². The summed E-state index contributed by atoms with van der Waals surface area (Å²) < 4.78 is 0. The topological polar surface area (TPSA) is 0 Å².